The topological polar surface area (TPSA) is 66.0 Å². The molecule has 2 N–H and O–H groups in total. The Kier molecular flexibility index (Phi) is 4.41. The lowest BCUT2D eigenvalue weighted by molar-refractivity contribution is 0.777. The van der Waals surface area contributed by atoms with E-state index >= 15 is 0 Å². The van der Waals surface area contributed by atoms with Gasteiger partial charge in [0, 0.05) is 26.2 Å². The molecule has 3 rings (SSSR count). The summed E-state index contributed by atoms with van der Waals surface area (Å²) in [6.07, 6.45) is 4.84. The lowest BCUT2D eigenvalue weighted by atomic mass is 10.3. The molecule has 1 aromatic rings. The van der Waals surface area contributed by atoms with E-state index in [9.17, 15) is 0 Å². The summed E-state index contributed by atoms with van der Waals surface area (Å²) in [5.41, 5.74) is 0. The fourth-order valence-electron chi connectivity index (χ4n) is 2.72. The molecule has 1 aliphatic carbocycles. The molecule has 0 radical (unpaired) electrons. The van der Waals surface area contributed by atoms with E-state index in [1.165, 1.54) is 19.3 Å². The molecule has 0 amide bonds. The van der Waals surface area contributed by atoms with Crippen molar-refractivity contribution < 1.29 is 0 Å². The van der Waals surface area contributed by atoms with Crippen LogP contribution in [0.2, 0.25) is 0 Å². The normalized spacial score (nSPS) is 24.2. The second-order valence-corrected chi connectivity index (χ2v) is 6.26. The maximum atomic E-state index is 4.60. The van der Waals surface area contributed by atoms with Gasteiger partial charge in [-0.05, 0) is 37.5 Å². The Morgan fingerprint density at radius 3 is 2.38 bits per heavy atom. The van der Waals surface area contributed by atoms with E-state index in [1.54, 1.807) is 0 Å². The average Bonchev–Trinajstić information content (AvgIpc) is 2.98. The molecule has 116 valence electrons. The van der Waals surface area contributed by atoms with Crippen molar-refractivity contribution in [2.45, 2.75) is 39.5 Å². The largest absolute Gasteiger partial charge is 0.354 e. The first-order valence-electron chi connectivity index (χ1n) is 8.25. The fourth-order valence-corrected chi connectivity index (χ4v) is 2.72. The van der Waals surface area contributed by atoms with E-state index < -0.39 is 0 Å². The third-order valence-corrected chi connectivity index (χ3v) is 4.34. The van der Waals surface area contributed by atoms with E-state index in [-0.39, 0.29) is 0 Å². The van der Waals surface area contributed by atoms with Crippen LogP contribution in [0.3, 0.4) is 0 Å². The monoisotopic (exact) mass is 290 g/mol. The third-order valence-electron chi connectivity index (χ3n) is 4.34. The predicted molar refractivity (Wildman–Crippen MR) is 85.8 cm³/mol. The van der Waals surface area contributed by atoms with Crippen LogP contribution in [0.1, 0.15) is 39.5 Å². The minimum Gasteiger partial charge on any atom is -0.354 e. The lowest BCUT2D eigenvalue weighted by Crippen LogP contribution is -2.22. The molecule has 2 aliphatic rings. The maximum absolute atomic E-state index is 4.60. The molecule has 6 nitrogen and oxygen atoms in total. The van der Waals surface area contributed by atoms with Crippen LogP contribution in [0.15, 0.2) is 0 Å². The Morgan fingerprint density at radius 2 is 1.76 bits per heavy atom. The van der Waals surface area contributed by atoms with Crippen molar-refractivity contribution in [3.8, 4) is 0 Å². The highest BCUT2D eigenvalue weighted by molar-refractivity contribution is 5.44. The molecule has 1 aliphatic heterocycles. The summed E-state index contributed by atoms with van der Waals surface area (Å²) in [5, 5.41) is 6.67. The number of aromatic nitrogens is 3. The van der Waals surface area contributed by atoms with Crippen LogP contribution in [-0.2, 0) is 0 Å². The van der Waals surface area contributed by atoms with Crippen LogP contribution < -0.4 is 15.5 Å². The van der Waals surface area contributed by atoms with Gasteiger partial charge in [-0.1, -0.05) is 13.8 Å². The van der Waals surface area contributed by atoms with Gasteiger partial charge >= 0.3 is 0 Å². The van der Waals surface area contributed by atoms with Crippen molar-refractivity contribution in [3.63, 3.8) is 0 Å². The molecule has 21 heavy (non-hydrogen) atoms. The van der Waals surface area contributed by atoms with E-state index in [0.717, 1.165) is 50.4 Å². The molecule has 2 heterocycles. The Balaban J connectivity index is 1.71. The van der Waals surface area contributed by atoms with Gasteiger partial charge in [-0.25, -0.2) is 0 Å². The SMILES string of the molecule is CCCNc1nc(NCC2CC2C)nc(N2CCCC2)n1. The first kappa shape index (κ1) is 14.4. The van der Waals surface area contributed by atoms with Gasteiger partial charge in [-0.3, -0.25) is 0 Å². The first-order chi connectivity index (χ1) is 10.3. The summed E-state index contributed by atoms with van der Waals surface area (Å²) in [6, 6.07) is 0. The molecular formula is C15H26N6. The molecule has 2 fully saturated rings. The zero-order valence-electron chi connectivity index (χ0n) is 13.1. The number of nitrogens with one attached hydrogen (secondary N) is 2. The second-order valence-electron chi connectivity index (χ2n) is 6.26. The molecular weight excluding hydrogens is 264 g/mol. The third kappa shape index (κ3) is 3.74. The van der Waals surface area contributed by atoms with E-state index in [1.807, 2.05) is 0 Å². The number of hydrogen-bond donors (Lipinski definition) is 2. The Labute approximate surface area is 126 Å². The van der Waals surface area contributed by atoms with Gasteiger partial charge in [0.2, 0.25) is 17.8 Å². The van der Waals surface area contributed by atoms with Crippen molar-refractivity contribution in [2.75, 3.05) is 41.7 Å². The first-order valence-corrected chi connectivity index (χ1v) is 8.25. The van der Waals surface area contributed by atoms with Crippen LogP contribution >= 0.6 is 0 Å². The summed E-state index contributed by atoms with van der Waals surface area (Å²) >= 11 is 0. The van der Waals surface area contributed by atoms with Gasteiger partial charge in [-0.2, -0.15) is 15.0 Å². The van der Waals surface area contributed by atoms with Crippen molar-refractivity contribution in [2.24, 2.45) is 11.8 Å². The molecule has 2 unspecified atom stereocenters. The summed E-state index contributed by atoms with van der Waals surface area (Å²) in [6.45, 7) is 8.40. The Hall–Kier alpha value is -1.59. The van der Waals surface area contributed by atoms with Crippen molar-refractivity contribution in [1.82, 2.24) is 15.0 Å². The van der Waals surface area contributed by atoms with Crippen LogP contribution in [0.4, 0.5) is 17.8 Å². The van der Waals surface area contributed by atoms with E-state index in [2.05, 4.69) is 44.3 Å². The van der Waals surface area contributed by atoms with Crippen molar-refractivity contribution in [3.05, 3.63) is 0 Å². The van der Waals surface area contributed by atoms with E-state index in [4.69, 9.17) is 0 Å². The van der Waals surface area contributed by atoms with Gasteiger partial charge < -0.3 is 15.5 Å². The zero-order valence-corrected chi connectivity index (χ0v) is 13.1. The van der Waals surface area contributed by atoms with Crippen LogP contribution in [0, 0.1) is 11.8 Å². The molecule has 0 aromatic carbocycles. The number of anilines is 3. The number of rotatable bonds is 7. The van der Waals surface area contributed by atoms with Crippen molar-refractivity contribution in [1.29, 1.82) is 0 Å². The summed E-state index contributed by atoms with van der Waals surface area (Å²) in [7, 11) is 0. The van der Waals surface area contributed by atoms with Gasteiger partial charge in [0.05, 0.1) is 0 Å². The molecule has 1 saturated carbocycles. The van der Waals surface area contributed by atoms with E-state index in [0.29, 0.717) is 11.9 Å². The van der Waals surface area contributed by atoms with Crippen LogP contribution in [0.5, 0.6) is 0 Å². The van der Waals surface area contributed by atoms with Gasteiger partial charge in [0.25, 0.3) is 0 Å². The Bertz CT molecular complexity index is 471. The summed E-state index contributed by atoms with van der Waals surface area (Å²) in [5.74, 6) is 3.84. The lowest BCUT2D eigenvalue weighted by Gasteiger charge is -2.17. The smallest absolute Gasteiger partial charge is 0.231 e. The highest BCUT2D eigenvalue weighted by Crippen LogP contribution is 2.37. The second kappa shape index (κ2) is 6.45. The number of hydrogen-bond acceptors (Lipinski definition) is 6. The number of nitrogens with zero attached hydrogens (tertiary/aromatic N) is 4. The highest BCUT2D eigenvalue weighted by Gasteiger charge is 2.32. The predicted octanol–water partition coefficient (Wildman–Crippen LogP) is 2.36. The van der Waals surface area contributed by atoms with Crippen LogP contribution in [0.25, 0.3) is 0 Å². The van der Waals surface area contributed by atoms with Gasteiger partial charge in [-0.15, -0.1) is 0 Å². The zero-order chi connectivity index (χ0) is 14.7. The molecule has 1 saturated heterocycles. The Morgan fingerprint density at radius 1 is 1.10 bits per heavy atom. The van der Waals surface area contributed by atoms with Crippen LogP contribution in [-0.4, -0.2) is 41.1 Å². The van der Waals surface area contributed by atoms with Gasteiger partial charge in [0.1, 0.15) is 0 Å². The standard InChI is InChI=1S/C15H26N6/c1-3-6-16-13-18-14(17-10-12-9-11(12)2)20-15(19-13)21-7-4-5-8-21/h11-12H,3-10H2,1-2H3,(H2,16,17,18,19,20). The minimum atomic E-state index is 0.695. The summed E-state index contributed by atoms with van der Waals surface area (Å²) < 4.78 is 0. The highest BCUT2D eigenvalue weighted by atomic mass is 15.3. The maximum Gasteiger partial charge on any atom is 0.231 e. The molecule has 0 spiro atoms. The molecule has 6 heteroatoms. The molecule has 0 bridgehead atoms. The van der Waals surface area contributed by atoms with Gasteiger partial charge in [0.15, 0.2) is 0 Å². The van der Waals surface area contributed by atoms with Crippen molar-refractivity contribution >= 4 is 17.8 Å². The molecule has 2 atom stereocenters. The minimum absolute atomic E-state index is 0.695. The summed E-state index contributed by atoms with van der Waals surface area (Å²) in [4.78, 5) is 15.9. The average molecular weight is 290 g/mol. The fraction of sp³-hybridized carbons (Fsp3) is 0.800. The molecule has 1 aromatic heterocycles. The quantitative estimate of drug-likeness (QED) is 0.803.